The van der Waals surface area contributed by atoms with E-state index in [-0.39, 0.29) is 0 Å². The zero-order chi connectivity index (χ0) is 11.4. The number of rotatable bonds is 4. The molecule has 0 heterocycles. The van der Waals surface area contributed by atoms with Crippen LogP contribution in [0.25, 0.3) is 0 Å². The Morgan fingerprint density at radius 1 is 1.29 bits per heavy atom. The van der Waals surface area contributed by atoms with E-state index in [0.717, 1.165) is 28.2 Å². The van der Waals surface area contributed by atoms with Crippen LogP contribution >= 0.6 is 23.0 Å². The van der Waals surface area contributed by atoms with Gasteiger partial charge in [0.05, 0.1) is 10.8 Å². The van der Waals surface area contributed by atoms with Gasteiger partial charge >= 0.3 is 0 Å². The molecular formula is C7H16N2O2S3. The molecular weight excluding hydrogens is 240 g/mol. The highest BCUT2D eigenvalue weighted by molar-refractivity contribution is 8.78. The van der Waals surface area contributed by atoms with Crippen molar-refractivity contribution in [2.24, 2.45) is 0 Å². The summed E-state index contributed by atoms with van der Waals surface area (Å²) in [5.41, 5.74) is 0. The lowest BCUT2D eigenvalue weighted by Gasteiger charge is -2.21. The van der Waals surface area contributed by atoms with E-state index in [1.807, 2.05) is 18.7 Å². The van der Waals surface area contributed by atoms with E-state index < -0.39 is 9.06 Å². The van der Waals surface area contributed by atoms with Crippen LogP contribution in [-0.2, 0) is 9.06 Å². The molecule has 14 heavy (non-hydrogen) atoms. The molecule has 0 aromatic carbocycles. The van der Waals surface area contributed by atoms with Crippen molar-refractivity contribution in [1.29, 1.82) is 0 Å². The summed E-state index contributed by atoms with van der Waals surface area (Å²) in [4.78, 5) is 1.83. The highest BCUT2D eigenvalue weighted by Gasteiger charge is 2.20. The molecule has 0 unspecified atom stereocenters. The summed E-state index contributed by atoms with van der Waals surface area (Å²) in [6.07, 6.45) is 0. The monoisotopic (exact) mass is 256 g/mol. The van der Waals surface area contributed by atoms with Crippen LogP contribution in [0.15, 0.2) is 0 Å². The average molecular weight is 256 g/mol. The highest BCUT2D eigenvalue weighted by Crippen LogP contribution is 2.19. The first-order valence-electron chi connectivity index (χ1n) is 4.26. The molecule has 0 fully saturated rings. The van der Waals surface area contributed by atoms with Gasteiger partial charge in [-0.05, 0) is 13.8 Å². The molecule has 0 radical (unpaired) electrons. The van der Waals surface area contributed by atoms with Crippen LogP contribution in [0, 0.1) is 0 Å². The minimum atomic E-state index is -3.30. The first kappa shape index (κ1) is 14.2. The fraction of sp³-hybridized carbons (Fsp3) is 0.857. The third kappa shape index (κ3) is 4.12. The Morgan fingerprint density at radius 3 is 2.00 bits per heavy atom. The molecule has 0 amide bonds. The van der Waals surface area contributed by atoms with Crippen LogP contribution in [0.4, 0.5) is 0 Å². The Kier molecular flexibility index (Phi) is 5.96. The SMILES string of the molecule is CCN(CC)C(=S)SS(=O)(=O)N(C)C. The summed E-state index contributed by atoms with van der Waals surface area (Å²) in [5.74, 6) is 0. The summed E-state index contributed by atoms with van der Waals surface area (Å²) < 4.78 is 24.5. The molecule has 0 N–H and O–H groups in total. The zero-order valence-corrected chi connectivity index (χ0v) is 11.3. The Hall–Kier alpha value is 0.150. The second-order valence-electron chi connectivity index (χ2n) is 2.76. The van der Waals surface area contributed by atoms with Crippen LogP contribution in [0.1, 0.15) is 13.8 Å². The maximum Gasteiger partial charge on any atom is 0.273 e. The number of hydrogen-bond acceptors (Lipinski definition) is 4. The normalized spacial score (nSPS) is 11.8. The van der Waals surface area contributed by atoms with E-state index in [1.54, 1.807) is 0 Å². The van der Waals surface area contributed by atoms with Gasteiger partial charge < -0.3 is 4.90 Å². The van der Waals surface area contributed by atoms with Crippen LogP contribution in [0.2, 0.25) is 0 Å². The molecule has 0 saturated carbocycles. The fourth-order valence-electron chi connectivity index (χ4n) is 0.699. The summed E-state index contributed by atoms with van der Waals surface area (Å²) in [6, 6.07) is 0. The molecule has 0 bridgehead atoms. The van der Waals surface area contributed by atoms with Crippen molar-refractivity contribution in [2.75, 3.05) is 27.2 Å². The summed E-state index contributed by atoms with van der Waals surface area (Å²) >= 11 is 5.02. The molecule has 0 aromatic heterocycles. The second-order valence-corrected chi connectivity index (χ2v) is 7.31. The first-order valence-corrected chi connectivity index (χ1v) is 7.44. The quantitative estimate of drug-likeness (QED) is 0.557. The number of thiocarbonyl (C=S) groups is 1. The standard InChI is InChI=1S/C7H16N2O2S3/c1-5-9(6-2)7(12)13-14(10,11)8(3)4/h5-6H2,1-4H3. The average Bonchev–Trinajstić information content (AvgIpc) is 2.05. The third-order valence-corrected chi connectivity index (χ3v) is 5.98. The second kappa shape index (κ2) is 5.89. The van der Waals surface area contributed by atoms with Gasteiger partial charge in [-0.25, -0.2) is 0 Å². The molecule has 0 atom stereocenters. The molecule has 4 nitrogen and oxygen atoms in total. The molecule has 7 heteroatoms. The molecule has 0 saturated heterocycles. The highest BCUT2D eigenvalue weighted by atomic mass is 33.1. The van der Waals surface area contributed by atoms with Gasteiger partial charge in [0.25, 0.3) is 9.06 Å². The van der Waals surface area contributed by atoms with Crippen LogP contribution in [0.5, 0.6) is 0 Å². The van der Waals surface area contributed by atoms with Gasteiger partial charge in [-0.1, -0.05) is 12.2 Å². The Balaban J connectivity index is 4.47. The van der Waals surface area contributed by atoms with E-state index in [4.69, 9.17) is 12.2 Å². The topological polar surface area (TPSA) is 40.6 Å². The van der Waals surface area contributed by atoms with Gasteiger partial charge in [-0.15, -0.1) is 0 Å². The number of nitrogens with zero attached hydrogens (tertiary/aromatic N) is 2. The largest absolute Gasteiger partial charge is 0.357 e. The Morgan fingerprint density at radius 2 is 1.71 bits per heavy atom. The van der Waals surface area contributed by atoms with Crippen LogP contribution in [-0.4, -0.2) is 49.1 Å². The Labute approximate surface area is 95.1 Å². The molecule has 0 aliphatic rings. The molecule has 0 spiro atoms. The van der Waals surface area contributed by atoms with Gasteiger partial charge in [-0.3, -0.25) is 0 Å². The van der Waals surface area contributed by atoms with E-state index in [1.165, 1.54) is 14.1 Å². The van der Waals surface area contributed by atoms with Crippen molar-refractivity contribution in [2.45, 2.75) is 13.8 Å². The van der Waals surface area contributed by atoms with Crippen molar-refractivity contribution in [3.05, 3.63) is 0 Å². The van der Waals surface area contributed by atoms with Crippen LogP contribution < -0.4 is 0 Å². The van der Waals surface area contributed by atoms with E-state index in [0.29, 0.717) is 4.32 Å². The minimum absolute atomic E-state index is 0.406. The van der Waals surface area contributed by atoms with Gasteiger partial charge in [0.15, 0.2) is 4.32 Å². The van der Waals surface area contributed by atoms with Crippen LogP contribution in [0.3, 0.4) is 0 Å². The third-order valence-electron chi connectivity index (χ3n) is 1.65. The number of hydrogen-bond donors (Lipinski definition) is 0. The predicted octanol–water partition coefficient (Wildman–Crippen LogP) is 1.15. The summed E-state index contributed by atoms with van der Waals surface area (Å²) in [5, 5.41) is 0. The van der Waals surface area contributed by atoms with Crippen molar-refractivity contribution >= 4 is 36.4 Å². The summed E-state index contributed by atoms with van der Waals surface area (Å²) in [6.45, 7) is 5.34. The van der Waals surface area contributed by atoms with Crippen molar-refractivity contribution in [3.8, 4) is 0 Å². The van der Waals surface area contributed by atoms with E-state index >= 15 is 0 Å². The zero-order valence-electron chi connectivity index (χ0n) is 8.85. The maximum atomic E-state index is 11.5. The molecule has 84 valence electrons. The maximum absolute atomic E-state index is 11.5. The van der Waals surface area contributed by atoms with Gasteiger partial charge in [0, 0.05) is 27.2 Å². The van der Waals surface area contributed by atoms with Crippen molar-refractivity contribution < 1.29 is 8.42 Å². The van der Waals surface area contributed by atoms with Gasteiger partial charge in [0.1, 0.15) is 0 Å². The Bertz CT molecular complexity index is 283. The van der Waals surface area contributed by atoms with E-state index in [9.17, 15) is 8.42 Å². The minimum Gasteiger partial charge on any atom is -0.357 e. The van der Waals surface area contributed by atoms with Gasteiger partial charge in [-0.2, -0.15) is 12.7 Å². The lowest BCUT2D eigenvalue weighted by Crippen LogP contribution is -2.30. The fourth-order valence-corrected chi connectivity index (χ4v) is 3.73. The molecule has 0 aliphatic heterocycles. The molecule has 0 aliphatic carbocycles. The molecule has 0 rings (SSSR count). The van der Waals surface area contributed by atoms with E-state index in [2.05, 4.69) is 0 Å². The van der Waals surface area contributed by atoms with Gasteiger partial charge in [0.2, 0.25) is 0 Å². The summed E-state index contributed by atoms with van der Waals surface area (Å²) in [7, 11) is 0.414. The molecule has 0 aromatic rings. The lowest BCUT2D eigenvalue weighted by atomic mass is 10.6. The first-order chi connectivity index (χ1) is 6.35. The predicted molar refractivity (Wildman–Crippen MR) is 65.7 cm³/mol. The van der Waals surface area contributed by atoms with Crippen molar-refractivity contribution in [3.63, 3.8) is 0 Å². The van der Waals surface area contributed by atoms with Crippen molar-refractivity contribution in [1.82, 2.24) is 9.21 Å². The smallest absolute Gasteiger partial charge is 0.273 e. The lowest BCUT2D eigenvalue weighted by molar-refractivity contribution is 0.482.